The van der Waals surface area contributed by atoms with Gasteiger partial charge in [0.1, 0.15) is 0 Å². The van der Waals surface area contributed by atoms with E-state index in [-0.39, 0.29) is 11.8 Å². The molecule has 0 bridgehead atoms. The van der Waals surface area contributed by atoms with E-state index in [1.807, 2.05) is 27.3 Å². The molecule has 0 radical (unpaired) electrons. The number of hydrogen-bond donors (Lipinski definition) is 1. The zero-order valence-electron chi connectivity index (χ0n) is 13.4. The van der Waals surface area contributed by atoms with Crippen LogP contribution < -0.4 is 5.32 Å². The standard InChI is InChI=1S/C16H24N4O2S/c21-15(13-18-6-2-4-17-5-7-18)19-8-10-20(11-9-19)16(22)14-3-1-12-23-14/h1,3,12,17H,2,4-11,13H2. The number of carbonyl (C=O) groups is 2. The van der Waals surface area contributed by atoms with Crippen molar-refractivity contribution in [2.45, 2.75) is 6.42 Å². The SMILES string of the molecule is O=C(CN1CCCNCC1)N1CCN(C(=O)c2cccs2)CC1. The molecule has 2 amide bonds. The topological polar surface area (TPSA) is 55.9 Å². The molecule has 3 rings (SSSR count). The molecular formula is C16H24N4O2S. The number of thiophene rings is 1. The summed E-state index contributed by atoms with van der Waals surface area (Å²) in [5, 5.41) is 5.27. The zero-order chi connectivity index (χ0) is 16.1. The second-order valence-corrected chi connectivity index (χ2v) is 6.98. The molecule has 2 aliphatic heterocycles. The van der Waals surface area contributed by atoms with Crippen LogP contribution in [0.5, 0.6) is 0 Å². The third-order valence-electron chi connectivity index (χ3n) is 4.44. The summed E-state index contributed by atoms with van der Waals surface area (Å²) in [7, 11) is 0. The maximum Gasteiger partial charge on any atom is 0.264 e. The van der Waals surface area contributed by atoms with Gasteiger partial charge < -0.3 is 15.1 Å². The molecule has 1 aromatic heterocycles. The predicted octanol–water partition coefficient (Wildman–Crippen LogP) is 0.328. The Kier molecular flexibility index (Phi) is 5.64. The summed E-state index contributed by atoms with van der Waals surface area (Å²) >= 11 is 1.47. The molecule has 23 heavy (non-hydrogen) atoms. The maximum absolute atomic E-state index is 12.4. The van der Waals surface area contributed by atoms with Crippen LogP contribution in [-0.2, 0) is 4.79 Å². The van der Waals surface area contributed by atoms with Gasteiger partial charge in [-0.15, -0.1) is 11.3 Å². The Morgan fingerprint density at radius 3 is 2.57 bits per heavy atom. The quantitative estimate of drug-likeness (QED) is 0.864. The van der Waals surface area contributed by atoms with Crippen LogP contribution in [0.15, 0.2) is 17.5 Å². The lowest BCUT2D eigenvalue weighted by Gasteiger charge is -2.35. The summed E-state index contributed by atoms with van der Waals surface area (Å²) in [6, 6.07) is 3.76. The highest BCUT2D eigenvalue weighted by atomic mass is 32.1. The molecule has 126 valence electrons. The minimum atomic E-state index is 0.0886. The first-order valence-electron chi connectivity index (χ1n) is 8.27. The van der Waals surface area contributed by atoms with Crippen LogP contribution in [0.1, 0.15) is 16.1 Å². The highest BCUT2D eigenvalue weighted by molar-refractivity contribution is 7.12. The Labute approximate surface area is 141 Å². The van der Waals surface area contributed by atoms with Gasteiger partial charge in [-0.1, -0.05) is 6.07 Å². The minimum absolute atomic E-state index is 0.0886. The molecule has 2 aliphatic rings. The van der Waals surface area contributed by atoms with Gasteiger partial charge >= 0.3 is 0 Å². The van der Waals surface area contributed by atoms with Gasteiger partial charge in [-0.25, -0.2) is 0 Å². The van der Waals surface area contributed by atoms with Crippen LogP contribution in [0.3, 0.4) is 0 Å². The van der Waals surface area contributed by atoms with Gasteiger partial charge in [0.05, 0.1) is 11.4 Å². The molecule has 1 N–H and O–H groups in total. The van der Waals surface area contributed by atoms with Crippen molar-refractivity contribution >= 4 is 23.2 Å². The van der Waals surface area contributed by atoms with Crippen LogP contribution in [0.25, 0.3) is 0 Å². The van der Waals surface area contributed by atoms with Crippen molar-refractivity contribution in [2.24, 2.45) is 0 Å². The van der Waals surface area contributed by atoms with E-state index in [0.29, 0.717) is 32.7 Å². The van der Waals surface area contributed by atoms with Gasteiger partial charge in [0.2, 0.25) is 5.91 Å². The normalized spacial score (nSPS) is 20.3. The van der Waals surface area contributed by atoms with Gasteiger partial charge in [-0.05, 0) is 31.0 Å². The van der Waals surface area contributed by atoms with E-state index in [9.17, 15) is 9.59 Å². The fraction of sp³-hybridized carbons (Fsp3) is 0.625. The van der Waals surface area contributed by atoms with E-state index >= 15 is 0 Å². The lowest BCUT2D eigenvalue weighted by molar-refractivity contribution is -0.133. The van der Waals surface area contributed by atoms with Crippen molar-refractivity contribution in [3.8, 4) is 0 Å². The second-order valence-electron chi connectivity index (χ2n) is 6.03. The monoisotopic (exact) mass is 336 g/mol. The summed E-state index contributed by atoms with van der Waals surface area (Å²) in [5.41, 5.74) is 0. The van der Waals surface area contributed by atoms with Crippen LogP contribution in [-0.4, -0.2) is 85.4 Å². The summed E-state index contributed by atoms with van der Waals surface area (Å²) < 4.78 is 0. The average molecular weight is 336 g/mol. The van der Waals surface area contributed by atoms with E-state index in [4.69, 9.17) is 0 Å². The Hall–Kier alpha value is -1.44. The summed E-state index contributed by atoms with van der Waals surface area (Å²) in [6.45, 7) is 6.95. The lowest BCUT2D eigenvalue weighted by Crippen LogP contribution is -2.52. The van der Waals surface area contributed by atoms with Crippen molar-refractivity contribution in [1.82, 2.24) is 20.0 Å². The average Bonchev–Trinajstić information content (AvgIpc) is 3.00. The summed E-state index contributed by atoms with van der Waals surface area (Å²) in [4.78, 5) is 31.5. The molecule has 3 heterocycles. The number of nitrogens with zero attached hydrogens (tertiary/aromatic N) is 3. The first-order valence-corrected chi connectivity index (χ1v) is 9.15. The summed E-state index contributed by atoms with van der Waals surface area (Å²) in [5.74, 6) is 0.279. The van der Waals surface area contributed by atoms with Crippen LogP contribution >= 0.6 is 11.3 Å². The number of carbonyl (C=O) groups excluding carboxylic acids is 2. The molecule has 0 aliphatic carbocycles. The molecule has 2 fully saturated rings. The molecule has 6 nitrogen and oxygen atoms in total. The molecule has 1 aromatic rings. The number of hydrogen-bond acceptors (Lipinski definition) is 5. The van der Waals surface area contributed by atoms with Gasteiger partial charge in [0, 0.05) is 39.3 Å². The van der Waals surface area contributed by atoms with E-state index in [1.54, 1.807) is 0 Å². The smallest absolute Gasteiger partial charge is 0.264 e. The Balaban J connectivity index is 1.46. The number of amides is 2. The molecule has 2 saturated heterocycles. The Morgan fingerprint density at radius 1 is 1.04 bits per heavy atom. The fourth-order valence-electron chi connectivity index (χ4n) is 3.07. The lowest BCUT2D eigenvalue weighted by atomic mass is 10.2. The van der Waals surface area contributed by atoms with Gasteiger partial charge in [-0.3, -0.25) is 14.5 Å². The number of rotatable bonds is 3. The Bertz CT molecular complexity index is 518. The van der Waals surface area contributed by atoms with Crippen LogP contribution in [0.4, 0.5) is 0 Å². The van der Waals surface area contributed by atoms with Crippen molar-refractivity contribution in [1.29, 1.82) is 0 Å². The molecule has 0 aromatic carbocycles. The predicted molar refractivity (Wildman–Crippen MR) is 90.7 cm³/mol. The molecule has 0 atom stereocenters. The van der Waals surface area contributed by atoms with Crippen molar-refractivity contribution in [3.05, 3.63) is 22.4 Å². The second kappa shape index (κ2) is 7.90. The van der Waals surface area contributed by atoms with E-state index in [2.05, 4.69) is 10.2 Å². The minimum Gasteiger partial charge on any atom is -0.338 e. The van der Waals surface area contributed by atoms with Crippen LogP contribution in [0.2, 0.25) is 0 Å². The molecule has 0 spiro atoms. The highest BCUT2D eigenvalue weighted by Crippen LogP contribution is 2.14. The molecule has 0 unspecified atom stereocenters. The van der Waals surface area contributed by atoms with Gasteiger partial charge in [-0.2, -0.15) is 0 Å². The van der Waals surface area contributed by atoms with E-state index < -0.39 is 0 Å². The van der Waals surface area contributed by atoms with Crippen molar-refractivity contribution in [3.63, 3.8) is 0 Å². The van der Waals surface area contributed by atoms with Crippen molar-refractivity contribution in [2.75, 3.05) is 58.9 Å². The molecule has 7 heteroatoms. The zero-order valence-corrected chi connectivity index (χ0v) is 14.2. The van der Waals surface area contributed by atoms with E-state index in [0.717, 1.165) is 37.5 Å². The summed E-state index contributed by atoms with van der Waals surface area (Å²) in [6.07, 6.45) is 1.09. The maximum atomic E-state index is 12.4. The van der Waals surface area contributed by atoms with Gasteiger partial charge in [0.25, 0.3) is 5.91 Å². The largest absolute Gasteiger partial charge is 0.338 e. The van der Waals surface area contributed by atoms with Crippen molar-refractivity contribution < 1.29 is 9.59 Å². The molecule has 0 saturated carbocycles. The van der Waals surface area contributed by atoms with E-state index in [1.165, 1.54) is 11.3 Å². The number of piperazine rings is 1. The Morgan fingerprint density at radius 2 is 1.83 bits per heavy atom. The number of nitrogens with one attached hydrogen (secondary N) is 1. The third kappa shape index (κ3) is 4.31. The highest BCUT2D eigenvalue weighted by Gasteiger charge is 2.26. The first-order chi connectivity index (χ1) is 11.2. The fourth-order valence-corrected chi connectivity index (χ4v) is 3.76. The molecular weight excluding hydrogens is 312 g/mol. The third-order valence-corrected chi connectivity index (χ3v) is 5.30. The van der Waals surface area contributed by atoms with Gasteiger partial charge in [0.15, 0.2) is 0 Å². The van der Waals surface area contributed by atoms with Crippen LogP contribution in [0, 0.1) is 0 Å². The first kappa shape index (κ1) is 16.4.